The third-order valence-electron chi connectivity index (χ3n) is 1.47. The Morgan fingerprint density at radius 1 is 1.00 bits per heavy atom. The van der Waals surface area contributed by atoms with Gasteiger partial charge in [0.05, 0.1) is 12.3 Å². The van der Waals surface area contributed by atoms with E-state index in [0.29, 0.717) is 0 Å². The maximum atomic E-state index is 5.60. The summed E-state index contributed by atoms with van der Waals surface area (Å²) in [6, 6.07) is 0.146. The predicted molar refractivity (Wildman–Crippen MR) is 35.3 cm³/mol. The molecule has 0 spiro atoms. The first kappa shape index (κ1) is 6.95. The molecular formula is C5H13N4. The zero-order valence-corrected chi connectivity index (χ0v) is 5.33. The van der Waals surface area contributed by atoms with E-state index in [1.54, 1.807) is 0 Å². The second kappa shape index (κ2) is 2.62. The normalized spacial score (nSPS) is 45.0. The lowest BCUT2D eigenvalue weighted by atomic mass is 10.0. The molecule has 4 nitrogen and oxygen atoms in total. The molecule has 1 rings (SSSR count). The lowest BCUT2D eigenvalue weighted by Gasteiger charge is -2.28. The quantitative estimate of drug-likeness (QED) is 0.363. The van der Waals surface area contributed by atoms with Gasteiger partial charge >= 0.3 is 0 Å². The van der Waals surface area contributed by atoms with Crippen LogP contribution in [0.25, 0.3) is 0 Å². The summed E-state index contributed by atoms with van der Waals surface area (Å²) in [5, 5.41) is 4.01. The highest BCUT2D eigenvalue weighted by Crippen LogP contribution is 2.06. The number of piperidine rings is 1. The summed E-state index contributed by atoms with van der Waals surface area (Å²) >= 11 is 0. The van der Waals surface area contributed by atoms with Gasteiger partial charge in [0.25, 0.3) is 0 Å². The summed E-state index contributed by atoms with van der Waals surface area (Å²) < 4.78 is 0. The summed E-state index contributed by atoms with van der Waals surface area (Å²) in [5.41, 5.74) is 16.6. The predicted octanol–water partition coefficient (Wildman–Crippen LogP) is -1.72. The second-order valence-corrected chi connectivity index (χ2v) is 2.52. The van der Waals surface area contributed by atoms with Gasteiger partial charge in [-0.1, -0.05) is 0 Å². The molecule has 0 bridgehead atoms. The van der Waals surface area contributed by atoms with Crippen molar-refractivity contribution in [3.63, 3.8) is 0 Å². The molecule has 2 atom stereocenters. The van der Waals surface area contributed by atoms with E-state index in [2.05, 4.69) is 5.32 Å². The van der Waals surface area contributed by atoms with E-state index >= 15 is 0 Å². The Morgan fingerprint density at radius 2 is 1.44 bits per heavy atom. The maximum absolute atomic E-state index is 5.60. The van der Waals surface area contributed by atoms with Crippen LogP contribution in [0.5, 0.6) is 0 Å². The Morgan fingerprint density at radius 3 is 1.78 bits per heavy atom. The molecule has 0 aliphatic carbocycles. The van der Waals surface area contributed by atoms with E-state index in [9.17, 15) is 0 Å². The zero-order chi connectivity index (χ0) is 6.85. The molecule has 0 aromatic rings. The Hall–Kier alpha value is -0.160. The van der Waals surface area contributed by atoms with Crippen molar-refractivity contribution in [3.8, 4) is 0 Å². The molecule has 1 aliphatic heterocycles. The van der Waals surface area contributed by atoms with Gasteiger partial charge in [0.1, 0.15) is 0 Å². The van der Waals surface area contributed by atoms with Gasteiger partial charge in [-0.3, -0.25) is 0 Å². The van der Waals surface area contributed by atoms with Crippen LogP contribution in [0.3, 0.4) is 0 Å². The Bertz CT molecular complexity index is 69.9. The first-order valence-corrected chi connectivity index (χ1v) is 3.15. The molecule has 1 fully saturated rings. The summed E-state index contributed by atoms with van der Waals surface area (Å²) in [4.78, 5) is 0. The van der Waals surface area contributed by atoms with E-state index in [1.807, 2.05) is 0 Å². The van der Waals surface area contributed by atoms with Crippen LogP contribution in [-0.2, 0) is 0 Å². The van der Waals surface area contributed by atoms with Gasteiger partial charge in [0, 0.05) is 6.04 Å². The van der Waals surface area contributed by atoms with Gasteiger partial charge in [-0.05, 0) is 12.8 Å². The molecule has 6 N–H and O–H groups in total. The minimum absolute atomic E-state index is 0.135. The number of nitrogens with zero attached hydrogens (tertiary/aromatic N) is 1. The fourth-order valence-corrected chi connectivity index (χ4v) is 1.08. The fraction of sp³-hybridized carbons (Fsp3) is 1.00. The van der Waals surface area contributed by atoms with Crippen LogP contribution in [0.15, 0.2) is 0 Å². The number of nitrogens with two attached hydrogens (primary N) is 3. The van der Waals surface area contributed by atoms with Crippen molar-refractivity contribution in [2.45, 2.75) is 31.2 Å². The average molecular weight is 129 g/mol. The van der Waals surface area contributed by atoms with Gasteiger partial charge in [0.15, 0.2) is 0 Å². The number of hydrogen-bond donors (Lipinski definition) is 3. The van der Waals surface area contributed by atoms with Crippen molar-refractivity contribution >= 4 is 0 Å². The molecule has 0 amide bonds. The second-order valence-electron chi connectivity index (χ2n) is 2.52. The van der Waals surface area contributed by atoms with Crippen LogP contribution in [0.1, 0.15) is 12.8 Å². The molecule has 2 unspecified atom stereocenters. The Kier molecular flexibility index (Phi) is 2.02. The first-order valence-electron chi connectivity index (χ1n) is 3.15. The third-order valence-corrected chi connectivity index (χ3v) is 1.47. The van der Waals surface area contributed by atoms with Crippen molar-refractivity contribution < 1.29 is 0 Å². The van der Waals surface area contributed by atoms with Crippen molar-refractivity contribution in [2.75, 3.05) is 0 Å². The highest BCUT2D eigenvalue weighted by atomic mass is 15.1. The molecule has 53 valence electrons. The molecule has 4 heteroatoms. The van der Waals surface area contributed by atoms with Crippen molar-refractivity contribution in [1.29, 1.82) is 0 Å². The highest BCUT2D eigenvalue weighted by Gasteiger charge is 2.21. The monoisotopic (exact) mass is 129 g/mol. The smallest absolute Gasteiger partial charge is 0.0744 e. The number of rotatable bonds is 0. The third kappa shape index (κ3) is 1.91. The van der Waals surface area contributed by atoms with Gasteiger partial charge in [-0.25, -0.2) is 5.32 Å². The summed E-state index contributed by atoms with van der Waals surface area (Å²) in [6.07, 6.45) is 1.27. The lowest BCUT2D eigenvalue weighted by molar-refractivity contribution is 0.292. The summed E-state index contributed by atoms with van der Waals surface area (Å²) in [5.74, 6) is 0. The molecule has 1 heterocycles. The standard InChI is InChI=1S/C5H13N4/c6-3-1-4(7)9-5(8)2-3/h3-5H,1-2,6-8H2. The summed E-state index contributed by atoms with van der Waals surface area (Å²) in [6.45, 7) is 0. The summed E-state index contributed by atoms with van der Waals surface area (Å²) in [7, 11) is 0. The van der Waals surface area contributed by atoms with Crippen molar-refractivity contribution in [2.24, 2.45) is 17.2 Å². The lowest BCUT2D eigenvalue weighted by Crippen LogP contribution is -2.53. The fourth-order valence-electron chi connectivity index (χ4n) is 1.08. The molecular weight excluding hydrogens is 116 g/mol. The van der Waals surface area contributed by atoms with Crippen LogP contribution in [0.2, 0.25) is 0 Å². The average Bonchev–Trinajstić information content (AvgIpc) is 1.59. The van der Waals surface area contributed by atoms with E-state index in [1.165, 1.54) is 0 Å². The van der Waals surface area contributed by atoms with Crippen LogP contribution in [0, 0.1) is 0 Å². The Balaban J connectivity index is 2.34. The number of hydrogen-bond acceptors (Lipinski definition) is 3. The van der Waals surface area contributed by atoms with E-state index in [-0.39, 0.29) is 18.4 Å². The molecule has 0 saturated carbocycles. The van der Waals surface area contributed by atoms with Crippen LogP contribution in [-0.4, -0.2) is 18.4 Å². The van der Waals surface area contributed by atoms with E-state index < -0.39 is 0 Å². The minimum Gasteiger partial charge on any atom is -0.327 e. The topological polar surface area (TPSA) is 92.2 Å². The SMILES string of the molecule is NC1CC(N)[N]C(N)C1. The van der Waals surface area contributed by atoms with Gasteiger partial charge < -0.3 is 17.2 Å². The van der Waals surface area contributed by atoms with Crippen LogP contribution >= 0.6 is 0 Å². The van der Waals surface area contributed by atoms with Gasteiger partial charge in [-0.15, -0.1) is 0 Å². The maximum Gasteiger partial charge on any atom is 0.0744 e. The first-order chi connectivity index (χ1) is 4.18. The van der Waals surface area contributed by atoms with Crippen molar-refractivity contribution in [1.82, 2.24) is 5.32 Å². The Labute approximate surface area is 54.8 Å². The minimum atomic E-state index is -0.135. The highest BCUT2D eigenvalue weighted by molar-refractivity contribution is 4.80. The molecule has 1 radical (unpaired) electrons. The molecule has 9 heavy (non-hydrogen) atoms. The molecule has 0 aromatic carbocycles. The van der Waals surface area contributed by atoms with Gasteiger partial charge in [0.2, 0.25) is 0 Å². The van der Waals surface area contributed by atoms with Crippen LogP contribution < -0.4 is 22.5 Å². The van der Waals surface area contributed by atoms with E-state index in [0.717, 1.165) is 12.8 Å². The largest absolute Gasteiger partial charge is 0.327 e. The van der Waals surface area contributed by atoms with Crippen molar-refractivity contribution in [3.05, 3.63) is 0 Å². The molecule has 1 aliphatic rings. The van der Waals surface area contributed by atoms with E-state index in [4.69, 9.17) is 17.2 Å². The van der Waals surface area contributed by atoms with Crippen LogP contribution in [0.4, 0.5) is 0 Å². The molecule has 1 saturated heterocycles. The van der Waals surface area contributed by atoms with Gasteiger partial charge in [-0.2, -0.15) is 0 Å². The molecule has 0 aromatic heterocycles. The zero-order valence-electron chi connectivity index (χ0n) is 5.33.